The van der Waals surface area contributed by atoms with Crippen LogP contribution in [0.2, 0.25) is 0 Å². The van der Waals surface area contributed by atoms with Crippen molar-refractivity contribution in [2.45, 2.75) is 20.3 Å². The van der Waals surface area contributed by atoms with E-state index in [4.69, 9.17) is 4.98 Å². The minimum absolute atomic E-state index is 0. The van der Waals surface area contributed by atoms with E-state index >= 15 is 0 Å². The Balaban J connectivity index is 0.00000146. The van der Waals surface area contributed by atoms with Crippen molar-refractivity contribution in [3.63, 3.8) is 0 Å². The molecule has 1 aliphatic rings. The first-order valence-electron chi connectivity index (χ1n) is 7.95. The fraction of sp³-hybridized carbons (Fsp3) is 0.200. The Morgan fingerprint density at radius 3 is 2.75 bits per heavy atom. The molecule has 2 aromatic carbocycles. The smallest absolute Gasteiger partial charge is 0.236 e. The minimum Gasteiger partial charge on any atom is -0.346 e. The quantitative estimate of drug-likeness (QED) is 0.216. The second kappa shape index (κ2) is 4.42. The van der Waals surface area contributed by atoms with Gasteiger partial charge in [0, 0.05) is 24.8 Å². The first-order valence-corrected chi connectivity index (χ1v) is 7.95. The number of nitrogens with zero attached hydrogens (tertiary/aromatic N) is 3. The predicted octanol–water partition coefficient (Wildman–Crippen LogP) is 3.32. The molecule has 0 atom stereocenters. The first kappa shape index (κ1) is 13.9. The van der Waals surface area contributed by atoms with Gasteiger partial charge in [-0.25, -0.2) is 0 Å². The van der Waals surface area contributed by atoms with Crippen LogP contribution in [0.5, 0.6) is 0 Å². The molecule has 0 saturated carbocycles. The Labute approximate surface area is 134 Å². The second-order valence-corrected chi connectivity index (χ2v) is 6.42. The van der Waals surface area contributed by atoms with Gasteiger partial charge in [-0.2, -0.15) is 16.7 Å². The van der Waals surface area contributed by atoms with Crippen LogP contribution in [-0.2, 0) is 13.5 Å². The maximum absolute atomic E-state index is 4.86. The van der Waals surface area contributed by atoms with Crippen LogP contribution >= 0.6 is 0 Å². The van der Waals surface area contributed by atoms with Gasteiger partial charge in [0.2, 0.25) is 5.52 Å². The maximum atomic E-state index is 4.86. The van der Waals surface area contributed by atoms with E-state index < -0.39 is 0 Å². The average Bonchev–Trinajstić information content (AvgIpc) is 3.06. The van der Waals surface area contributed by atoms with Gasteiger partial charge in [0.1, 0.15) is 18.6 Å². The minimum atomic E-state index is 0. The third-order valence-electron chi connectivity index (χ3n) is 5.08. The summed E-state index contributed by atoms with van der Waals surface area (Å²) in [6, 6.07) is 16.2. The standard InChI is InChI=1S/C20H17N3.Bk/c1-12-5-4-6-16-18(12)23-17(21-16)11-15-10-9-14-8-7-13(2)22(3)19(14)20(15)23;/h4,6-10H,11H2,1-3H3;. The molecule has 1 radical (unpaired) electrons. The molecule has 0 saturated heterocycles. The summed E-state index contributed by atoms with van der Waals surface area (Å²) in [7, 11) is 2.15. The van der Waals surface area contributed by atoms with Gasteiger partial charge in [0.15, 0.2) is 5.69 Å². The maximum Gasteiger partial charge on any atom is 0.236 e. The van der Waals surface area contributed by atoms with Crippen LogP contribution in [0.15, 0.2) is 36.4 Å². The molecule has 0 N–H and O–H groups in total. The van der Waals surface area contributed by atoms with E-state index in [-0.39, 0.29) is 0 Å². The molecular formula is C20H17BkN3. The fourth-order valence-corrected chi connectivity index (χ4v) is 3.82. The molecule has 0 aliphatic carbocycles. The van der Waals surface area contributed by atoms with Gasteiger partial charge in [-0.15, -0.1) is 11.6 Å². The van der Waals surface area contributed by atoms with Crippen LogP contribution < -0.4 is 4.57 Å². The molecule has 0 bridgehead atoms. The zero-order valence-electron chi connectivity index (χ0n) is 13.8. The number of hydrogen-bond donors (Lipinski definition) is 0. The van der Waals surface area contributed by atoms with Crippen LogP contribution in [0, 0.1) is 19.9 Å². The van der Waals surface area contributed by atoms with Gasteiger partial charge in [-0.3, -0.25) is 4.98 Å². The summed E-state index contributed by atoms with van der Waals surface area (Å²) in [5.74, 6) is 1.13. The van der Waals surface area contributed by atoms with Crippen molar-refractivity contribution in [3.8, 4) is 5.69 Å². The molecule has 1 aliphatic heterocycles. The summed E-state index contributed by atoms with van der Waals surface area (Å²) in [6.07, 6.45) is 0.896. The first-order chi connectivity index (χ1) is 11.1. The molecule has 5 rings (SSSR count). The van der Waals surface area contributed by atoms with Crippen LogP contribution in [0.1, 0.15) is 22.6 Å². The van der Waals surface area contributed by atoms with E-state index in [0.717, 1.165) is 23.3 Å². The summed E-state index contributed by atoms with van der Waals surface area (Å²) in [5, 5.41) is 1.27. The monoisotopic (exact) mass is 546 g/mol. The van der Waals surface area contributed by atoms with Crippen LogP contribution in [0.4, 0.5) is 0 Å². The number of fused-ring (bicyclic) bond motifs is 7. The van der Waals surface area contributed by atoms with Crippen molar-refractivity contribution in [3.05, 3.63) is 65.1 Å². The Bertz CT molecular complexity index is 1130. The van der Waals surface area contributed by atoms with Crippen molar-refractivity contribution in [2.24, 2.45) is 7.05 Å². The van der Waals surface area contributed by atoms with Crippen molar-refractivity contribution in [2.75, 3.05) is 0 Å². The van der Waals surface area contributed by atoms with E-state index in [1.165, 1.54) is 33.4 Å². The third-order valence-corrected chi connectivity index (χ3v) is 5.08. The zero-order valence-corrected chi connectivity index (χ0v) is 16.6. The number of aryl methyl sites for hydroxylation is 3. The molecular weight excluding hydrogens is 529 g/mol. The van der Waals surface area contributed by atoms with Crippen LogP contribution in [0.25, 0.3) is 27.6 Å². The number of benzene rings is 2. The molecule has 0 fully saturated rings. The number of pyridine rings is 1. The predicted molar refractivity (Wildman–Crippen MR) is 90.9 cm³/mol. The molecule has 4 heteroatoms. The summed E-state index contributed by atoms with van der Waals surface area (Å²) in [4.78, 5) is 4.86. The van der Waals surface area contributed by atoms with E-state index in [1.54, 1.807) is 0 Å². The van der Waals surface area contributed by atoms with E-state index in [2.05, 4.69) is 66.4 Å². The van der Waals surface area contributed by atoms with Gasteiger partial charge in [-0.05, 0) is 28.7 Å². The Morgan fingerprint density at radius 1 is 1.12 bits per heavy atom. The second-order valence-electron chi connectivity index (χ2n) is 6.42. The topological polar surface area (TPSA) is 21.7 Å². The molecule has 0 spiro atoms. The summed E-state index contributed by atoms with van der Waals surface area (Å²) >= 11 is 0. The summed E-state index contributed by atoms with van der Waals surface area (Å²) in [5.41, 5.74) is 8.59. The Kier molecular flexibility index (Phi) is 2.57. The molecule has 4 aromatic rings. The number of rotatable bonds is 0. The van der Waals surface area contributed by atoms with Gasteiger partial charge in [0.05, 0.1) is 0 Å². The van der Waals surface area contributed by atoms with Crippen LogP contribution in [0.3, 0.4) is 0 Å². The molecule has 3 nitrogen and oxygen atoms in total. The molecule has 2 aromatic heterocycles. The SMILES string of the molecule is Cc1[c-]ccc2nc3n(c12)-c1c(ccc2ccc(C)[n+](C)c12)C3.[Bk]. The van der Waals surface area contributed by atoms with E-state index in [9.17, 15) is 0 Å². The third kappa shape index (κ3) is 1.51. The van der Waals surface area contributed by atoms with Crippen molar-refractivity contribution >= 4 is 21.9 Å². The van der Waals surface area contributed by atoms with E-state index in [1.807, 2.05) is 6.07 Å². The normalized spacial score (nSPS) is 12.3. The number of hydrogen-bond acceptors (Lipinski definition) is 1. The van der Waals surface area contributed by atoms with Crippen molar-refractivity contribution in [1.29, 1.82) is 0 Å². The largest absolute Gasteiger partial charge is 0.346 e. The Hall–Kier alpha value is -3.68. The zero-order chi connectivity index (χ0) is 15.7. The summed E-state index contributed by atoms with van der Waals surface area (Å²) in [6.45, 7) is 4.27. The average molecular weight is 546 g/mol. The number of imidazole rings is 1. The fourth-order valence-electron chi connectivity index (χ4n) is 3.82. The Morgan fingerprint density at radius 2 is 1.92 bits per heavy atom. The van der Waals surface area contributed by atoms with Crippen LogP contribution in [-0.4, -0.2) is 9.55 Å². The molecule has 0 unspecified atom stereocenters. The van der Waals surface area contributed by atoms with Gasteiger partial charge in [0.25, 0.3) is 0 Å². The molecule has 3 heterocycles. The van der Waals surface area contributed by atoms with Gasteiger partial charge in [-0.1, -0.05) is 13.0 Å². The molecule has 121 valence electrons. The number of aromatic nitrogens is 3. The van der Waals surface area contributed by atoms with Crippen molar-refractivity contribution < 1.29 is 4.57 Å². The van der Waals surface area contributed by atoms with E-state index in [0.29, 0.717) is 0 Å². The van der Waals surface area contributed by atoms with Gasteiger partial charge >= 0.3 is 0 Å². The molecule has 0 amide bonds. The molecule has 24 heavy (non-hydrogen) atoms. The van der Waals surface area contributed by atoms with Crippen molar-refractivity contribution in [1.82, 2.24) is 9.55 Å². The van der Waals surface area contributed by atoms with Gasteiger partial charge < -0.3 is 4.57 Å². The summed E-state index contributed by atoms with van der Waals surface area (Å²) < 4.78 is 4.63.